The van der Waals surface area contributed by atoms with Crippen molar-refractivity contribution in [2.45, 2.75) is 38.8 Å². The number of carbonyl (C=O) groups is 2. The molecule has 0 spiro atoms. The first kappa shape index (κ1) is 14.0. The second-order valence-electron chi connectivity index (χ2n) is 4.28. The number of amides is 1. The first-order valence-corrected chi connectivity index (χ1v) is 5.70. The third kappa shape index (κ3) is 4.36. The van der Waals surface area contributed by atoms with Crippen LogP contribution in [0.25, 0.3) is 0 Å². The van der Waals surface area contributed by atoms with E-state index in [1.165, 1.54) is 4.90 Å². The van der Waals surface area contributed by atoms with Gasteiger partial charge in [-0.15, -0.1) is 0 Å². The fourth-order valence-corrected chi connectivity index (χ4v) is 1.90. The molecular formula is C11H16F3NO2. The molecule has 1 aliphatic heterocycles. The normalized spacial score (nSPS) is 21.8. The second-order valence-corrected chi connectivity index (χ2v) is 4.28. The molecule has 1 rings (SSSR count). The van der Waals surface area contributed by atoms with Crippen LogP contribution in [-0.4, -0.2) is 35.9 Å². The maximum Gasteiger partial charge on any atom is 0.389 e. The van der Waals surface area contributed by atoms with Crippen LogP contribution in [0.5, 0.6) is 0 Å². The molecule has 1 fully saturated rings. The lowest BCUT2D eigenvalue weighted by Crippen LogP contribution is -2.44. The quantitative estimate of drug-likeness (QED) is 0.770. The van der Waals surface area contributed by atoms with Gasteiger partial charge in [0, 0.05) is 31.8 Å². The van der Waals surface area contributed by atoms with E-state index in [-0.39, 0.29) is 31.2 Å². The van der Waals surface area contributed by atoms with Gasteiger partial charge in [0.1, 0.15) is 5.78 Å². The first-order chi connectivity index (χ1) is 7.83. The highest BCUT2D eigenvalue weighted by molar-refractivity contribution is 5.85. The van der Waals surface area contributed by atoms with E-state index in [4.69, 9.17) is 0 Å². The van der Waals surface area contributed by atoms with Gasteiger partial charge in [0.25, 0.3) is 0 Å². The number of Topliss-reactive ketones (excluding diaryl/α,β-unsaturated/α-hetero) is 1. The Kier molecular flexibility index (Phi) is 4.54. The summed E-state index contributed by atoms with van der Waals surface area (Å²) in [6, 6.07) is 0. The SMILES string of the molecule is CCC1CN(C(=O)CCC(F)(F)F)CCC1=O. The van der Waals surface area contributed by atoms with Crippen molar-refractivity contribution in [2.24, 2.45) is 5.92 Å². The molecule has 0 aliphatic carbocycles. The lowest BCUT2D eigenvalue weighted by Gasteiger charge is -2.31. The Labute approximate surface area is 98.0 Å². The molecule has 1 saturated heterocycles. The number of piperidine rings is 1. The molecule has 0 aromatic heterocycles. The third-order valence-corrected chi connectivity index (χ3v) is 2.99. The van der Waals surface area contributed by atoms with Crippen LogP contribution in [0.3, 0.4) is 0 Å². The average Bonchev–Trinajstić information content (AvgIpc) is 2.25. The summed E-state index contributed by atoms with van der Waals surface area (Å²) in [7, 11) is 0. The number of likely N-dealkylation sites (tertiary alicyclic amines) is 1. The molecular weight excluding hydrogens is 235 g/mol. The maximum absolute atomic E-state index is 12.0. The van der Waals surface area contributed by atoms with Crippen LogP contribution in [0.2, 0.25) is 0 Å². The molecule has 1 amide bonds. The molecule has 0 aromatic carbocycles. The minimum atomic E-state index is -4.30. The van der Waals surface area contributed by atoms with Crippen LogP contribution in [0.4, 0.5) is 13.2 Å². The molecule has 0 radical (unpaired) electrons. The molecule has 1 unspecified atom stereocenters. The van der Waals surface area contributed by atoms with Gasteiger partial charge in [-0.05, 0) is 6.42 Å². The number of rotatable bonds is 3. The topological polar surface area (TPSA) is 37.4 Å². The number of ketones is 1. The molecule has 3 nitrogen and oxygen atoms in total. The number of alkyl halides is 3. The Morgan fingerprint density at radius 1 is 1.47 bits per heavy atom. The molecule has 0 N–H and O–H groups in total. The van der Waals surface area contributed by atoms with E-state index in [2.05, 4.69) is 0 Å². The molecule has 1 aliphatic rings. The molecule has 1 heterocycles. The van der Waals surface area contributed by atoms with E-state index >= 15 is 0 Å². The first-order valence-electron chi connectivity index (χ1n) is 5.70. The summed E-state index contributed by atoms with van der Waals surface area (Å²) >= 11 is 0. The number of hydrogen-bond acceptors (Lipinski definition) is 2. The van der Waals surface area contributed by atoms with Gasteiger partial charge in [-0.25, -0.2) is 0 Å². The molecule has 0 saturated carbocycles. The summed E-state index contributed by atoms with van der Waals surface area (Å²) in [5, 5.41) is 0. The lowest BCUT2D eigenvalue weighted by molar-refractivity contribution is -0.151. The standard InChI is InChI=1S/C11H16F3NO2/c1-2-8-7-15(6-4-9(8)16)10(17)3-5-11(12,13)14/h8H,2-7H2,1H3. The van der Waals surface area contributed by atoms with Crippen molar-refractivity contribution in [1.29, 1.82) is 0 Å². The van der Waals surface area contributed by atoms with Gasteiger partial charge in [-0.3, -0.25) is 9.59 Å². The van der Waals surface area contributed by atoms with Crippen molar-refractivity contribution >= 4 is 11.7 Å². The van der Waals surface area contributed by atoms with Crippen LogP contribution < -0.4 is 0 Å². The lowest BCUT2D eigenvalue weighted by atomic mass is 9.94. The van der Waals surface area contributed by atoms with Crippen molar-refractivity contribution < 1.29 is 22.8 Å². The number of hydrogen-bond donors (Lipinski definition) is 0. The van der Waals surface area contributed by atoms with Crippen LogP contribution in [-0.2, 0) is 9.59 Å². The predicted molar refractivity (Wildman–Crippen MR) is 55.3 cm³/mol. The Morgan fingerprint density at radius 3 is 2.65 bits per heavy atom. The van der Waals surface area contributed by atoms with E-state index in [1.807, 2.05) is 6.92 Å². The average molecular weight is 251 g/mol. The largest absolute Gasteiger partial charge is 0.389 e. The summed E-state index contributed by atoms with van der Waals surface area (Å²) in [5.74, 6) is -0.612. The zero-order chi connectivity index (χ0) is 13.1. The van der Waals surface area contributed by atoms with Crippen molar-refractivity contribution in [3.05, 3.63) is 0 Å². The third-order valence-electron chi connectivity index (χ3n) is 2.99. The van der Waals surface area contributed by atoms with E-state index in [1.54, 1.807) is 0 Å². The van der Waals surface area contributed by atoms with Gasteiger partial charge >= 0.3 is 6.18 Å². The second kappa shape index (κ2) is 5.51. The highest BCUT2D eigenvalue weighted by atomic mass is 19.4. The number of carbonyl (C=O) groups excluding carboxylic acids is 2. The molecule has 17 heavy (non-hydrogen) atoms. The van der Waals surface area contributed by atoms with Gasteiger partial charge in [0.05, 0.1) is 6.42 Å². The van der Waals surface area contributed by atoms with Crippen LogP contribution >= 0.6 is 0 Å². The van der Waals surface area contributed by atoms with Gasteiger partial charge < -0.3 is 4.90 Å². The van der Waals surface area contributed by atoms with E-state index in [0.29, 0.717) is 6.42 Å². The summed E-state index contributed by atoms with van der Waals surface area (Å²) in [4.78, 5) is 24.3. The summed E-state index contributed by atoms with van der Waals surface area (Å²) in [5.41, 5.74) is 0. The Bertz CT molecular complexity index is 302. The number of halogens is 3. The smallest absolute Gasteiger partial charge is 0.342 e. The zero-order valence-corrected chi connectivity index (χ0v) is 9.72. The van der Waals surface area contributed by atoms with Crippen molar-refractivity contribution in [2.75, 3.05) is 13.1 Å². The number of nitrogens with zero attached hydrogens (tertiary/aromatic N) is 1. The van der Waals surface area contributed by atoms with Crippen molar-refractivity contribution in [3.63, 3.8) is 0 Å². The van der Waals surface area contributed by atoms with Crippen molar-refractivity contribution in [1.82, 2.24) is 4.90 Å². The molecule has 98 valence electrons. The Hall–Kier alpha value is -1.07. The fourth-order valence-electron chi connectivity index (χ4n) is 1.90. The maximum atomic E-state index is 12.0. The fraction of sp³-hybridized carbons (Fsp3) is 0.818. The van der Waals surface area contributed by atoms with Crippen LogP contribution in [0.15, 0.2) is 0 Å². The van der Waals surface area contributed by atoms with Gasteiger partial charge in [0.15, 0.2) is 0 Å². The highest BCUT2D eigenvalue weighted by Crippen LogP contribution is 2.23. The van der Waals surface area contributed by atoms with E-state index < -0.39 is 24.9 Å². The highest BCUT2D eigenvalue weighted by Gasteiger charge is 2.32. The van der Waals surface area contributed by atoms with E-state index in [0.717, 1.165) is 0 Å². The molecule has 0 bridgehead atoms. The molecule has 0 aromatic rings. The minimum absolute atomic E-state index is 0.104. The predicted octanol–water partition coefficient (Wildman–Crippen LogP) is 2.16. The monoisotopic (exact) mass is 251 g/mol. The van der Waals surface area contributed by atoms with Crippen LogP contribution in [0, 0.1) is 5.92 Å². The summed E-state index contributed by atoms with van der Waals surface area (Å²) < 4.78 is 35.9. The van der Waals surface area contributed by atoms with Crippen molar-refractivity contribution in [3.8, 4) is 0 Å². The Balaban J connectivity index is 2.45. The van der Waals surface area contributed by atoms with E-state index in [9.17, 15) is 22.8 Å². The minimum Gasteiger partial charge on any atom is -0.342 e. The molecule has 6 heteroatoms. The van der Waals surface area contributed by atoms with Gasteiger partial charge in [-0.1, -0.05) is 6.92 Å². The Morgan fingerprint density at radius 2 is 2.12 bits per heavy atom. The van der Waals surface area contributed by atoms with Gasteiger partial charge in [-0.2, -0.15) is 13.2 Å². The molecule has 1 atom stereocenters. The zero-order valence-electron chi connectivity index (χ0n) is 9.72. The summed E-state index contributed by atoms with van der Waals surface area (Å²) in [6.45, 7) is 2.37. The van der Waals surface area contributed by atoms with Crippen LogP contribution in [0.1, 0.15) is 32.6 Å². The summed E-state index contributed by atoms with van der Waals surface area (Å²) in [6.07, 6.45) is -5.02. The van der Waals surface area contributed by atoms with Gasteiger partial charge in [0.2, 0.25) is 5.91 Å².